The zero-order valence-corrected chi connectivity index (χ0v) is 13.1. The summed E-state index contributed by atoms with van der Waals surface area (Å²) in [6, 6.07) is 5.85. The van der Waals surface area contributed by atoms with E-state index in [1.807, 2.05) is 23.6 Å². The number of nitrogens with zero attached hydrogens (tertiary/aromatic N) is 2. The summed E-state index contributed by atoms with van der Waals surface area (Å²) in [5.41, 5.74) is 0.212. The second-order valence-corrected chi connectivity index (χ2v) is 6.37. The Hall–Kier alpha value is -2.14. The van der Waals surface area contributed by atoms with Crippen molar-refractivity contribution < 1.29 is 9.32 Å². The minimum atomic E-state index is -0.523. The highest BCUT2D eigenvalue weighted by molar-refractivity contribution is 7.13. The molecule has 2 aromatic rings. The zero-order valence-electron chi connectivity index (χ0n) is 12.3. The minimum Gasteiger partial charge on any atom is -0.355 e. The van der Waals surface area contributed by atoms with Crippen molar-refractivity contribution in [3.05, 3.63) is 54.6 Å². The van der Waals surface area contributed by atoms with E-state index in [0.29, 0.717) is 13.1 Å². The van der Waals surface area contributed by atoms with Crippen molar-refractivity contribution in [2.24, 2.45) is 0 Å². The van der Waals surface area contributed by atoms with Crippen molar-refractivity contribution >= 4 is 17.2 Å². The molecule has 22 heavy (non-hydrogen) atoms. The molecule has 0 atom stereocenters. The molecule has 0 unspecified atom stereocenters. The molecular weight excluding hydrogens is 296 g/mol. The van der Waals surface area contributed by atoms with Crippen LogP contribution in [0.5, 0.6) is 0 Å². The van der Waals surface area contributed by atoms with Crippen LogP contribution in [-0.4, -0.2) is 29.1 Å². The Bertz CT molecular complexity index is 673. The highest BCUT2D eigenvalue weighted by atomic mass is 32.1. The topological polar surface area (TPSA) is 46.3 Å². The van der Waals surface area contributed by atoms with E-state index in [1.165, 1.54) is 0 Å². The molecule has 0 radical (unpaired) electrons. The lowest BCUT2D eigenvalue weighted by molar-refractivity contribution is -0.133. The van der Waals surface area contributed by atoms with Gasteiger partial charge in [0.2, 0.25) is 5.91 Å². The number of thiophene rings is 1. The Kier molecular flexibility index (Phi) is 3.98. The maximum absolute atomic E-state index is 12.9. The number of aromatic nitrogens is 1. The number of amides is 1. The van der Waals surface area contributed by atoms with Gasteiger partial charge >= 0.3 is 0 Å². The molecule has 1 saturated carbocycles. The van der Waals surface area contributed by atoms with E-state index in [9.17, 15) is 4.79 Å². The summed E-state index contributed by atoms with van der Waals surface area (Å²) in [5.74, 6) is 0.807. The van der Waals surface area contributed by atoms with Gasteiger partial charge in [0.15, 0.2) is 5.76 Å². The van der Waals surface area contributed by atoms with Gasteiger partial charge in [0.1, 0.15) is 0 Å². The van der Waals surface area contributed by atoms with Gasteiger partial charge in [-0.2, -0.15) is 0 Å². The third-order valence-electron chi connectivity index (χ3n) is 3.91. The average Bonchev–Trinajstić information content (AvgIpc) is 2.94. The van der Waals surface area contributed by atoms with Crippen LogP contribution >= 0.6 is 11.3 Å². The van der Waals surface area contributed by atoms with E-state index in [2.05, 4.69) is 18.3 Å². The maximum Gasteiger partial charge on any atom is 0.235 e. The molecule has 0 aromatic carbocycles. The first kappa shape index (κ1) is 14.8. The Morgan fingerprint density at radius 1 is 1.41 bits per heavy atom. The summed E-state index contributed by atoms with van der Waals surface area (Å²) in [7, 11) is 0. The fourth-order valence-corrected chi connectivity index (χ4v) is 3.27. The van der Waals surface area contributed by atoms with Gasteiger partial charge in [-0.25, -0.2) is 0 Å². The van der Waals surface area contributed by atoms with Crippen molar-refractivity contribution in [3.8, 4) is 10.6 Å². The highest BCUT2D eigenvalue weighted by Gasteiger charge is 2.55. The van der Waals surface area contributed by atoms with E-state index >= 15 is 0 Å². The van der Waals surface area contributed by atoms with Crippen molar-refractivity contribution in [2.75, 3.05) is 13.1 Å². The molecule has 114 valence electrons. The molecule has 0 aliphatic heterocycles. The van der Waals surface area contributed by atoms with Crippen molar-refractivity contribution in [2.45, 2.75) is 18.3 Å². The molecule has 1 amide bonds. The second-order valence-electron chi connectivity index (χ2n) is 5.42. The van der Waals surface area contributed by atoms with Crippen LogP contribution in [0.4, 0.5) is 0 Å². The van der Waals surface area contributed by atoms with Gasteiger partial charge in [0.05, 0.1) is 16.0 Å². The monoisotopic (exact) mass is 314 g/mol. The van der Waals surface area contributed by atoms with Crippen LogP contribution in [0.2, 0.25) is 0 Å². The van der Waals surface area contributed by atoms with Crippen LogP contribution in [0.15, 0.2) is 53.4 Å². The van der Waals surface area contributed by atoms with Crippen molar-refractivity contribution in [3.63, 3.8) is 0 Å². The number of rotatable bonds is 7. The molecule has 2 heterocycles. The Morgan fingerprint density at radius 2 is 2.14 bits per heavy atom. The van der Waals surface area contributed by atoms with E-state index in [4.69, 9.17) is 4.52 Å². The predicted octanol–water partition coefficient (Wildman–Crippen LogP) is 3.64. The predicted molar refractivity (Wildman–Crippen MR) is 87.7 cm³/mol. The third kappa shape index (κ3) is 2.52. The zero-order chi connectivity index (χ0) is 15.6. The first-order valence-corrected chi connectivity index (χ1v) is 8.11. The summed E-state index contributed by atoms with van der Waals surface area (Å²) in [6.07, 6.45) is 5.09. The summed E-state index contributed by atoms with van der Waals surface area (Å²) in [6.45, 7) is 8.47. The Morgan fingerprint density at radius 3 is 2.68 bits per heavy atom. The molecule has 0 saturated heterocycles. The lowest BCUT2D eigenvalue weighted by atomic mass is 10.00. The maximum atomic E-state index is 12.9. The molecule has 0 spiro atoms. The molecule has 1 aliphatic rings. The van der Waals surface area contributed by atoms with Gasteiger partial charge < -0.3 is 9.42 Å². The molecule has 1 fully saturated rings. The first-order valence-electron chi connectivity index (χ1n) is 7.23. The van der Waals surface area contributed by atoms with Crippen LogP contribution in [-0.2, 0) is 10.2 Å². The van der Waals surface area contributed by atoms with E-state index in [1.54, 1.807) is 28.4 Å². The van der Waals surface area contributed by atoms with Crippen LogP contribution in [0.3, 0.4) is 0 Å². The summed E-state index contributed by atoms with van der Waals surface area (Å²) in [5, 5.41) is 6.15. The standard InChI is InChI=1S/C17H18N2O2S/c1-3-9-19(10-4-2)16(20)17(7-8-17)15-12-13(21-18-15)14-6-5-11-22-14/h3-6,11-12H,1-2,7-10H2. The van der Waals surface area contributed by atoms with Gasteiger partial charge in [-0.05, 0) is 24.3 Å². The van der Waals surface area contributed by atoms with Crippen LogP contribution < -0.4 is 0 Å². The van der Waals surface area contributed by atoms with Crippen LogP contribution in [0, 0.1) is 0 Å². The number of carbonyl (C=O) groups is 1. The number of hydrogen-bond acceptors (Lipinski definition) is 4. The van der Waals surface area contributed by atoms with Gasteiger partial charge in [-0.3, -0.25) is 4.79 Å². The lowest BCUT2D eigenvalue weighted by Gasteiger charge is -2.24. The quantitative estimate of drug-likeness (QED) is 0.733. The summed E-state index contributed by atoms with van der Waals surface area (Å²) in [4.78, 5) is 15.6. The van der Waals surface area contributed by atoms with E-state index < -0.39 is 5.41 Å². The first-order chi connectivity index (χ1) is 10.7. The molecule has 2 aromatic heterocycles. The lowest BCUT2D eigenvalue weighted by Crippen LogP contribution is -2.39. The molecule has 0 bridgehead atoms. The number of carbonyl (C=O) groups excluding carboxylic acids is 1. The third-order valence-corrected chi connectivity index (χ3v) is 4.79. The smallest absolute Gasteiger partial charge is 0.235 e. The second kappa shape index (κ2) is 5.93. The fraction of sp³-hybridized carbons (Fsp3) is 0.294. The number of hydrogen-bond donors (Lipinski definition) is 0. The highest BCUT2D eigenvalue weighted by Crippen LogP contribution is 2.50. The molecule has 0 N–H and O–H groups in total. The molecule has 1 aliphatic carbocycles. The Balaban J connectivity index is 1.85. The van der Waals surface area contributed by atoms with Gasteiger partial charge in [-0.1, -0.05) is 23.4 Å². The summed E-state index contributed by atoms with van der Waals surface area (Å²) >= 11 is 1.60. The van der Waals surface area contributed by atoms with Gasteiger partial charge in [-0.15, -0.1) is 24.5 Å². The normalized spacial score (nSPS) is 15.3. The molecule has 4 nitrogen and oxygen atoms in total. The molecule has 3 rings (SSSR count). The SMILES string of the molecule is C=CCN(CC=C)C(=O)C1(c2cc(-c3cccs3)on2)CC1. The summed E-state index contributed by atoms with van der Waals surface area (Å²) < 4.78 is 5.43. The minimum absolute atomic E-state index is 0.0818. The fourth-order valence-electron chi connectivity index (χ4n) is 2.59. The molecule has 5 heteroatoms. The van der Waals surface area contributed by atoms with Crippen LogP contribution in [0.1, 0.15) is 18.5 Å². The molecular formula is C17H18N2O2S. The average molecular weight is 314 g/mol. The van der Waals surface area contributed by atoms with E-state index in [-0.39, 0.29) is 5.91 Å². The van der Waals surface area contributed by atoms with Gasteiger partial charge in [0.25, 0.3) is 0 Å². The Labute approximate surface area is 133 Å². The van der Waals surface area contributed by atoms with Crippen molar-refractivity contribution in [1.82, 2.24) is 10.1 Å². The van der Waals surface area contributed by atoms with E-state index in [0.717, 1.165) is 29.2 Å². The van der Waals surface area contributed by atoms with Gasteiger partial charge in [0, 0.05) is 19.2 Å². The van der Waals surface area contributed by atoms with Crippen molar-refractivity contribution in [1.29, 1.82) is 0 Å². The largest absolute Gasteiger partial charge is 0.355 e. The van der Waals surface area contributed by atoms with Crippen LogP contribution in [0.25, 0.3) is 10.6 Å².